The average Bonchev–Trinajstić information content (AvgIpc) is 3.28. The quantitative estimate of drug-likeness (QED) is 0.491. The van der Waals surface area contributed by atoms with E-state index in [0.717, 1.165) is 29.3 Å². The number of halogens is 4. The molecule has 4 rings (SSSR count). The molecule has 1 aromatic carbocycles. The van der Waals surface area contributed by atoms with Crippen LogP contribution in [0.15, 0.2) is 48.8 Å². The van der Waals surface area contributed by atoms with Crippen LogP contribution < -0.4 is 5.32 Å². The minimum Gasteiger partial charge on any atom is -0.346 e. The van der Waals surface area contributed by atoms with Crippen LogP contribution in [0.1, 0.15) is 33.0 Å². The van der Waals surface area contributed by atoms with Crippen molar-refractivity contribution in [2.75, 3.05) is 0 Å². The molecule has 3 aromatic heterocycles. The molecule has 10 heteroatoms. The number of aryl methyl sites for hydroxylation is 2. The van der Waals surface area contributed by atoms with E-state index < -0.39 is 11.7 Å². The predicted octanol–water partition coefficient (Wildman–Crippen LogP) is 4.74. The normalized spacial score (nSPS) is 11.8. The Balaban J connectivity index is 1.48. The Morgan fingerprint density at radius 3 is 2.45 bits per heavy atom. The molecule has 0 fully saturated rings. The summed E-state index contributed by atoms with van der Waals surface area (Å²) in [6.45, 7) is 3.89. The molecule has 160 valence electrons. The van der Waals surface area contributed by atoms with Gasteiger partial charge in [0.25, 0.3) is 5.91 Å². The highest BCUT2D eigenvalue weighted by Gasteiger charge is 2.31. The van der Waals surface area contributed by atoms with E-state index in [2.05, 4.69) is 15.4 Å². The van der Waals surface area contributed by atoms with Gasteiger partial charge in [0.1, 0.15) is 0 Å². The number of alkyl halides is 3. The van der Waals surface area contributed by atoms with Gasteiger partial charge in [-0.1, -0.05) is 11.6 Å². The van der Waals surface area contributed by atoms with Crippen molar-refractivity contribution in [3.63, 3.8) is 0 Å². The fourth-order valence-corrected chi connectivity index (χ4v) is 3.52. The Hall–Kier alpha value is -3.33. The molecule has 0 saturated heterocycles. The molecule has 4 aromatic rings. The van der Waals surface area contributed by atoms with Crippen molar-refractivity contribution >= 4 is 23.2 Å². The Morgan fingerprint density at radius 2 is 1.84 bits per heavy atom. The number of aromatic nitrogens is 4. The molecule has 0 saturated carbocycles. The van der Waals surface area contributed by atoms with Gasteiger partial charge in [0, 0.05) is 23.7 Å². The van der Waals surface area contributed by atoms with Crippen molar-refractivity contribution in [3.8, 4) is 5.69 Å². The van der Waals surface area contributed by atoms with Gasteiger partial charge >= 0.3 is 6.18 Å². The monoisotopic (exact) mass is 447 g/mol. The fraction of sp³-hybridized carbons (Fsp3) is 0.190. The first-order valence-electron chi connectivity index (χ1n) is 9.28. The summed E-state index contributed by atoms with van der Waals surface area (Å²) < 4.78 is 41.8. The summed E-state index contributed by atoms with van der Waals surface area (Å²) in [6.07, 6.45) is -2.20. The highest BCUT2D eigenvalue weighted by atomic mass is 35.5. The molecule has 0 aliphatic rings. The lowest BCUT2D eigenvalue weighted by Gasteiger charge is -2.07. The maximum absolute atomic E-state index is 12.9. The first-order chi connectivity index (χ1) is 14.6. The Kier molecular flexibility index (Phi) is 5.22. The minimum absolute atomic E-state index is 0.0391. The number of carbonyl (C=O) groups is 1. The molecule has 3 heterocycles. The van der Waals surface area contributed by atoms with Gasteiger partial charge in [-0.3, -0.25) is 4.79 Å². The number of pyridine rings is 1. The summed E-state index contributed by atoms with van der Waals surface area (Å²) >= 11 is 5.94. The van der Waals surface area contributed by atoms with Crippen molar-refractivity contribution in [3.05, 3.63) is 82.0 Å². The lowest BCUT2D eigenvalue weighted by atomic mass is 10.2. The molecule has 6 nitrogen and oxygen atoms in total. The fourth-order valence-electron chi connectivity index (χ4n) is 3.27. The topological polar surface area (TPSA) is 64.2 Å². The zero-order valence-electron chi connectivity index (χ0n) is 16.5. The second kappa shape index (κ2) is 7.73. The van der Waals surface area contributed by atoms with Crippen molar-refractivity contribution in [1.29, 1.82) is 0 Å². The van der Waals surface area contributed by atoms with Crippen LogP contribution in [0.5, 0.6) is 0 Å². The number of fused-ring (bicyclic) bond motifs is 1. The van der Waals surface area contributed by atoms with Crippen LogP contribution in [0.4, 0.5) is 13.2 Å². The van der Waals surface area contributed by atoms with Gasteiger partial charge in [0.2, 0.25) is 0 Å². The lowest BCUT2D eigenvalue weighted by Crippen LogP contribution is -2.22. The van der Waals surface area contributed by atoms with E-state index in [9.17, 15) is 18.0 Å². The number of carbonyl (C=O) groups excluding carboxylic acids is 1. The number of hydrogen-bond acceptors (Lipinski definition) is 3. The van der Waals surface area contributed by atoms with E-state index in [1.807, 2.05) is 19.9 Å². The van der Waals surface area contributed by atoms with Gasteiger partial charge in [-0.15, -0.1) is 0 Å². The first-order valence-corrected chi connectivity index (χ1v) is 9.66. The van der Waals surface area contributed by atoms with E-state index >= 15 is 0 Å². The van der Waals surface area contributed by atoms with Crippen LogP contribution in [0.2, 0.25) is 5.02 Å². The molecule has 1 N–H and O–H groups in total. The van der Waals surface area contributed by atoms with Crippen LogP contribution >= 0.6 is 11.6 Å². The number of imidazole rings is 1. The summed E-state index contributed by atoms with van der Waals surface area (Å²) in [7, 11) is 0. The molecule has 0 radical (unpaired) electrons. The van der Waals surface area contributed by atoms with Crippen molar-refractivity contribution in [2.24, 2.45) is 0 Å². The number of nitrogens with one attached hydrogen (secondary N) is 1. The second-order valence-electron chi connectivity index (χ2n) is 7.11. The second-order valence-corrected chi connectivity index (χ2v) is 7.51. The van der Waals surface area contributed by atoms with Gasteiger partial charge in [0.15, 0.2) is 5.65 Å². The molecule has 0 aliphatic heterocycles. The molecular formula is C21H17ClF3N5O. The third-order valence-electron chi connectivity index (χ3n) is 4.70. The van der Waals surface area contributed by atoms with E-state index in [0.29, 0.717) is 11.3 Å². The molecule has 31 heavy (non-hydrogen) atoms. The highest BCUT2D eigenvalue weighted by Crippen LogP contribution is 2.32. The van der Waals surface area contributed by atoms with Crippen LogP contribution in [-0.4, -0.2) is 25.1 Å². The van der Waals surface area contributed by atoms with Gasteiger partial charge in [-0.2, -0.15) is 18.3 Å². The number of nitrogens with zero attached hydrogens (tertiary/aromatic N) is 4. The third-order valence-corrected chi connectivity index (χ3v) is 4.98. The minimum atomic E-state index is -4.52. The van der Waals surface area contributed by atoms with Crippen LogP contribution in [-0.2, 0) is 12.7 Å². The smallest absolute Gasteiger partial charge is 0.346 e. The molecular weight excluding hydrogens is 431 g/mol. The zero-order chi connectivity index (χ0) is 22.3. The maximum Gasteiger partial charge on any atom is 0.417 e. The Bertz CT molecular complexity index is 1270. The zero-order valence-corrected chi connectivity index (χ0v) is 17.3. The van der Waals surface area contributed by atoms with E-state index in [4.69, 9.17) is 11.6 Å². The summed E-state index contributed by atoms with van der Waals surface area (Å²) in [5.41, 5.74) is 2.84. The number of rotatable bonds is 4. The lowest BCUT2D eigenvalue weighted by molar-refractivity contribution is -0.137. The summed E-state index contributed by atoms with van der Waals surface area (Å²) in [5.74, 6) is -0.334. The van der Waals surface area contributed by atoms with Gasteiger partial charge in [-0.05, 0) is 50.2 Å². The van der Waals surface area contributed by atoms with Gasteiger partial charge in [-0.25, -0.2) is 9.67 Å². The maximum atomic E-state index is 12.9. The average molecular weight is 448 g/mol. The first kappa shape index (κ1) is 20.9. The molecule has 0 bridgehead atoms. The molecule has 0 unspecified atom stereocenters. The molecule has 1 amide bonds. The number of benzene rings is 1. The SMILES string of the molecule is Cc1cc(C)n(-c2ccc(C(=O)NCc3cn4cc(C(F)(F)F)cc(Cl)c4n3)cc2)n1. The van der Waals surface area contributed by atoms with E-state index in [1.165, 1.54) is 10.6 Å². The summed E-state index contributed by atoms with van der Waals surface area (Å²) in [6, 6.07) is 9.72. The van der Waals surface area contributed by atoms with Crippen LogP contribution in [0, 0.1) is 13.8 Å². The summed E-state index contributed by atoms with van der Waals surface area (Å²) in [5, 5.41) is 7.00. The van der Waals surface area contributed by atoms with Crippen molar-refractivity contribution < 1.29 is 18.0 Å². The van der Waals surface area contributed by atoms with E-state index in [-0.39, 0.29) is 23.1 Å². The largest absolute Gasteiger partial charge is 0.417 e. The highest BCUT2D eigenvalue weighted by molar-refractivity contribution is 6.33. The van der Waals surface area contributed by atoms with E-state index in [1.54, 1.807) is 28.9 Å². The van der Waals surface area contributed by atoms with Crippen molar-refractivity contribution in [2.45, 2.75) is 26.6 Å². The third kappa shape index (κ3) is 4.27. The Labute approximate surface area is 180 Å². The molecule has 0 spiro atoms. The standard InChI is InChI=1S/C21H17ClF3N5O/c1-12-7-13(2)30(28-12)17-5-3-14(4-6-17)20(31)26-9-16-11-29-10-15(21(23,24)25)8-18(22)19(29)27-16/h3-8,10-11H,9H2,1-2H3,(H,26,31). The van der Waals surface area contributed by atoms with Crippen LogP contribution in [0.3, 0.4) is 0 Å². The van der Waals surface area contributed by atoms with Gasteiger partial charge in [0.05, 0.1) is 34.2 Å². The number of hydrogen-bond donors (Lipinski definition) is 1. The van der Waals surface area contributed by atoms with Crippen LogP contribution in [0.25, 0.3) is 11.3 Å². The Morgan fingerprint density at radius 1 is 1.13 bits per heavy atom. The van der Waals surface area contributed by atoms with Crippen molar-refractivity contribution in [1.82, 2.24) is 24.5 Å². The molecule has 0 atom stereocenters. The molecule has 0 aliphatic carbocycles. The number of amides is 1. The summed E-state index contributed by atoms with van der Waals surface area (Å²) in [4.78, 5) is 16.7. The van der Waals surface area contributed by atoms with Gasteiger partial charge < -0.3 is 9.72 Å². The predicted molar refractivity (Wildman–Crippen MR) is 109 cm³/mol.